The van der Waals surface area contributed by atoms with Gasteiger partial charge in [-0.3, -0.25) is 14.8 Å². The number of hydrogen-bond acceptors (Lipinski definition) is 13. The molecule has 6 aromatic heterocycles. The number of amides is 1. The lowest BCUT2D eigenvalue weighted by atomic mass is 10.1. The molecule has 64 heavy (non-hydrogen) atoms. The molecule has 0 unspecified atom stereocenters. The van der Waals surface area contributed by atoms with Gasteiger partial charge in [0.25, 0.3) is 5.91 Å². The quantitative estimate of drug-likeness (QED) is 0.0914. The molecule has 0 spiro atoms. The Balaban J connectivity index is 0.000000201. The average Bonchev–Trinajstić information content (AvgIpc) is 3.78. The van der Waals surface area contributed by atoms with Gasteiger partial charge < -0.3 is 27.6 Å². The molecule has 0 bridgehead atoms. The molecule has 0 saturated heterocycles. The van der Waals surface area contributed by atoms with Crippen molar-refractivity contribution in [2.75, 3.05) is 11.5 Å². The first-order chi connectivity index (χ1) is 30.0. The number of hydrogen-bond donors (Lipinski definition) is 5. The van der Waals surface area contributed by atoms with Crippen LogP contribution in [0.25, 0.3) is 21.8 Å². The van der Waals surface area contributed by atoms with E-state index in [0.29, 0.717) is 52.6 Å². The molecular weight excluding hydrogens is 991 g/mol. The Morgan fingerprint density at radius 3 is 1.59 bits per heavy atom. The molecule has 0 atom stereocenters. The molecule has 17 nitrogen and oxygen atoms in total. The number of fused-ring (bicyclic) bond motifs is 2. The lowest BCUT2D eigenvalue weighted by Crippen LogP contribution is -2.27. The molecule has 6 heterocycles. The number of nitrogens with zero attached hydrogens (tertiary/aromatic N) is 10. The van der Waals surface area contributed by atoms with Crippen LogP contribution in [0.4, 0.5) is 11.6 Å². The molecule has 2 aromatic carbocycles. The van der Waals surface area contributed by atoms with Gasteiger partial charge in [0.05, 0.1) is 34.2 Å². The summed E-state index contributed by atoms with van der Waals surface area (Å²) >= 11 is 18.3. The van der Waals surface area contributed by atoms with Crippen LogP contribution in [-0.4, -0.2) is 66.4 Å². The van der Waals surface area contributed by atoms with Crippen molar-refractivity contribution >= 4 is 100 Å². The number of carboxylic acids is 1. The molecule has 1 amide bonds. The van der Waals surface area contributed by atoms with Crippen LogP contribution in [0.5, 0.6) is 0 Å². The van der Waals surface area contributed by atoms with E-state index in [1.54, 1.807) is 23.1 Å². The van der Waals surface area contributed by atoms with E-state index < -0.39 is 5.97 Å². The highest BCUT2D eigenvalue weighted by molar-refractivity contribution is 9.10. The number of anilines is 2. The Kier molecular flexibility index (Phi) is 16.4. The van der Waals surface area contributed by atoms with E-state index in [-0.39, 0.29) is 29.7 Å². The highest BCUT2D eigenvalue weighted by Crippen LogP contribution is 2.22. The molecule has 332 valence electrons. The zero-order chi connectivity index (χ0) is 45.5. The number of nitrogens with one attached hydrogen (secondary N) is 1. The van der Waals surface area contributed by atoms with E-state index >= 15 is 0 Å². The minimum absolute atomic E-state index is 0. The van der Waals surface area contributed by atoms with Crippen molar-refractivity contribution in [3.05, 3.63) is 149 Å². The summed E-state index contributed by atoms with van der Waals surface area (Å²) in [4.78, 5) is 48.9. The van der Waals surface area contributed by atoms with Crippen molar-refractivity contribution in [2.24, 2.45) is 5.73 Å². The molecule has 0 aliphatic rings. The maximum atomic E-state index is 12.9. The monoisotopic (exact) mass is 1030 g/mol. The largest absolute Gasteiger partial charge is 0.475 e. The van der Waals surface area contributed by atoms with Gasteiger partial charge in [0.15, 0.2) is 0 Å². The Hall–Kier alpha value is -6.12. The second-order valence-corrected chi connectivity index (χ2v) is 16.4. The van der Waals surface area contributed by atoms with Gasteiger partial charge in [-0.1, -0.05) is 42.8 Å². The van der Waals surface area contributed by atoms with Gasteiger partial charge in [0.2, 0.25) is 21.1 Å². The van der Waals surface area contributed by atoms with Gasteiger partial charge >= 0.3 is 5.97 Å². The number of aryl methyl sites for hydroxylation is 4. The van der Waals surface area contributed by atoms with Crippen molar-refractivity contribution in [2.45, 2.75) is 61.3 Å². The molecule has 0 saturated carbocycles. The van der Waals surface area contributed by atoms with E-state index in [4.69, 9.17) is 45.5 Å². The summed E-state index contributed by atoms with van der Waals surface area (Å²) in [5.74, 6) is -0.350. The number of carbonyl (C=O) groups is 2. The second kappa shape index (κ2) is 21.5. The van der Waals surface area contributed by atoms with Crippen LogP contribution < -0.4 is 22.5 Å². The molecule has 8 aromatic rings. The lowest BCUT2D eigenvalue weighted by Gasteiger charge is -2.12. The van der Waals surface area contributed by atoms with Crippen molar-refractivity contribution in [1.82, 2.24) is 54.8 Å². The van der Waals surface area contributed by atoms with Crippen molar-refractivity contribution in [1.29, 1.82) is 0 Å². The van der Waals surface area contributed by atoms with Gasteiger partial charge in [-0.05, 0) is 141 Å². The van der Waals surface area contributed by atoms with Crippen LogP contribution in [0, 0.1) is 27.7 Å². The topological polar surface area (TPSA) is 257 Å². The van der Waals surface area contributed by atoms with Crippen LogP contribution in [0.2, 0.25) is 10.0 Å². The van der Waals surface area contributed by atoms with Crippen molar-refractivity contribution < 1.29 is 14.7 Å². The predicted molar refractivity (Wildman–Crippen MR) is 256 cm³/mol. The van der Waals surface area contributed by atoms with Gasteiger partial charge in [-0.15, -0.1) is 10.2 Å². The number of rotatable bonds is 9. The molecule has 0 aliphatic carbocycles. The molecule has 8 N–H and O–H groups in total. The standard InChI is InChI=1S/C21H19BrClN7O.C13H8BrClN4O2.C8H13N3.CH4/c1-11-5-18(24)27-12(2)16(11)9-26-20(31)19-28-21(22)29-30(19)10-13-3-4-17-14(6-13)7-15(23)8-25-17;14-13-17-11(12(20)21)19(18-13)6-7-1-2-10-8(3-7)4-9(15)5-16-10;1-5-3-8(10)11-6(2)7(5)4-9;/h3-8H,9-10H2,1-2H3,(H2,24,27)(H,26,31);1-5H,6H2,(H,20,21);3H,4,9H2,1-2H3,(H2,10,11);1H4. The number of nitrogen functional groups attached to an aromatic ring is 2. The van der Waals surface area contributed by atoms with Crippen LogP contribution in [0.1, 0.15) is 73.4 Å². The summed E-state index contributed by atoms with van der Waals surface area (Å²) in [6.45, 7) is 9.23. The molecule has 0 radical (unpaired) electrons. The first kappa shape index (κ1) is 48.9. The SMILES string of the molecule is C.Cc1cc(N)nc(C)c1CN.Cc1cc(N)nc(C)c1CNC(=O)c1nc(Br)nn1Cc1ccc2ncc(Cl)cc2c1.O=C(O)c1nc(Br)nn1Cc1ccc2ncc(Cl)cc2c1. The Morgan fingerprint density at radius 2 is 1.14 bits per heavy atom. The molecular formula is C43H44Br2Cl2N14O3. The fourth-order valence-electron chi connectivity index (χ4n) is 6.63. The number of carbonyl (C=O) groups excluding carboxylic acids is 1. The molecule has 0 fully saturated rings. The normalized spacial score (nSPS) is 10.7. The predicted octanol–water partition coefficient (Wildman–Crippen LogP) is 8.18. The van der Waals surface area contributed by atoms with Crippen molar-refractivity contribution in [3.63, 3.8) is 0 Å². The Labute approximate surface area is 395 Å². The van der Waals surface area contributed by atoms with Crippen molar-refractivity contribution in [3.8, 4) is 0 Å². The summed E-state index contributed by atoms with van der Waals surface area (Å²) in [6.07, 6.45) is 3.20. The molecule has 0 aliphatic heterocycles. The van der Waals surface area contributed by atoms with E-state index in [1.807, 2.05) is 82.3 Å². The first-order valence-electron chi connectivity index (χ1n) is 18.9. The number of benzene rings is 2. The smallest absolute Gasteiger partial charge is 0.373 e. The first-order valence-corrected chi connectivity index (χ1v) is 21.3. The van der Waals surface area contributed by atoms with Gasteiger partial charge in [-0.25, -0.2) is 24.1 Å². The van der Waals surface area contributed by atoms with E-state index in [0.717, 1.165) is 66.6 Å². The maximum Gasteiger partial charge on any atom is 0.373 e. The van der Waals surface area contributed by atoms with Crippen LogP contribution in [0.15, 0.2) is 82.5 Å². The number of aromatic carboxylic acids is 1. The third-order valence-electron chi connectivity index (χ3n) is 9.55. The van der Waals surface area contributed by atoms with Crippen LogP contribution in [-0.2, 0) is 26.2 Å². The molecule has 8 rings (SSSR count). The average molecular weight is 1040 g/mol. The van der Waals surface area contributed by atoms with Gasteiger partial charge in [0.1, 0.15) is 11.6 Å². The Bertz CT molecular complexity index is 2950. The zero-order valence-electron chi connectivity index (χ0n) is 34.2. The van der Waals surface area contributed by atoms with Gasteiger partial charge in [0, 0.05) is 47.6 Å². The number of aromatic nitrogens is 10. The van der Waals surface area contributed by atoms with E-state index in [9.17, 15) is 9.59 Å². The highest BCUT2D eigenvalue weighted by Gasteiger charge is 2.19. The fraction of sp³-hybridized carbons (Fsp3) is 0.209. The minimum atomic E-state index is -1.13. The third kappa shape index (κ3) is 12.3. The Morgan fingerprint density at radius 1 is 0.688 bits per heavy atom. The van der Waals surface area contributed by atoms with Gasteiger partial charge in [-0.2, -0.15) is 9.97 Å². The maximum absolute atomic E-state index is 12.9. The minimum Gasteiger partial charge on any atom is -0.475 e. The number of nitrogens with two attached hydrogens (primary N) is 3. The van der Waals surface area contributed by atoms with E-state index in [1.165, 1.54) is 4.68 Å². The molecule has 21 heteroatoms. The zero-order valence-corrected chi connectivity index (χ0v) is 38.9. The second-order valence-electron chi connectivity index (χ2n) is 14.1. The number of pyridine rings is 4. The number of halogens is 4. The summed E-state index contributed by atoms with van der Waals surface area (Å²) in [5.41, 5.74) is 26.1. The third-order valence-corrected chi connectivity index (χ3v) is 10.6. The summed E-state index contributed by atoms with van der Waals surface area (Å²) in [7, 11) is 0. The number of carboxylic acid groups (broad SMARTS) is 1. The summed E-state index contributed by atoms with van der Waals surface area (Å²) in [6, 6.07) is 18.7. The lowest BCUT2D eigenvalue weighted by molar-refractivity contribution is 0.0676. The van der Waals surface area contributed by atoms with E-state index in [2.05, 4.69) is 77.3 Å². The van der Waals surface area contributed by atoms with Crippen LogP contribution in [0.3, 0.4) is 0 Å². The fourth-order valence-corrected chi connectivity index (χ4v) is 7.68. The summed E-state index contributed by atoms with van der Waals surface area (Å²) in [5, 5.41) is 23.3. The highest BCUT2D eigenvalue weighted by atomic mass is 79.9. The van der Waals surface area contributed by atoms with Crippen LogP contribution >= 0.6 is 55.1 Å². The summed E-state index contributed by atoms with van der Waals surface area (Å²) < 4.78 is 3.46.